The van der Waals surface area contributed by atoms with Gasteiger partial charge in [0.05, 0.1) is 17.9 Å². The number of rotatable bonds is 6. The summed E-state index contributed by atoms with van der Waals surface area (Å²) in [6.07, 6.45) is 1.00. The van der Waals surface area contributed by atoms with Gasteiger partial charge in [0.25, 0.3) is 0 Å². The lowest BCUT2D eigenvalue weighted by molar-refractivity contribution is -0.115. The summed E-state index contributed by atoms with van der Waals surface area (Å²) in [6.45, 7) is 11.6. The quantitative estimate of drug-likeness (QED) is 0.799. The van der Waals surface area contributed by atoms with E-state index in [9.17, 15) is 4.79 Å². The van der Waals surface area contributed by atoms with Crippen molar-refractivity contribution in [3.63, 3.8) is 0 Å². The lowest BCUT2D eigenvalue weighted by atomic mass is 9.92. The van der Waals surface area contributed by atoms with Gasteiger partial charge in [-0.15, -0.1) is 0 Å². The second-order valence-electron chi connectivity index (χ2n) is 7.09. The number of carbonyl (C=O) groups excluding carboxylic acids is 1. The van der Waals surface area contributed by atoms with Gasteiger partial charge in [-0.1, -0.05) is 45.9 Å². The van der Waals surface area contributed by atoms with Crippen molar-refractivity contribution < 1.29 is 4.79 Å². The minimum atomic E-state index is -0.0894. The van der Waals surface area contributed by atoms with E-state index in [-0.39, 0.29) is 11.3 Å². The van der Waals surface area contributed by atoms with E-state index in [1.807, 2.05) is 41.9 Å². The predicted octanol–water partition coefficient (Wildman–Crippen LogP) is 3.42. The number of amides is 1. The largest absolute Gasteiger partial charge is 0.309 e. The molecule has 1 amide bonds. The number of anilines is 1. The highest BCUT2D eigenvalue weighted by Gasteiger charge is 2.21. The van der Waals surface area contributed by atoms with E-state index in [0.29, 0.717) is 12.4 Å². The molecule has 0 bridgehead atoms. The van der Waals surface area contributed by atoms with Gasteiger partial charge < -0.3 is 10.6 Å². The molecule has 0 radical (unpaired) electrons. The first-order chi connectivity index (χ1) is 11.3. The Balaban J connectivity index is 2.33. The maximum atomic E-state index is 12.2. The monoisotopic (exact) mass is 328 g/mol. The maximum absolute atomic E-state index is 12.2. The van der Waals surface area contributed by atoms with Crippen LogP contribution in [0.1, 0.15) is 45.4 Å². The first kappa shape index (κ1) is 18.2. The minimum absolute atomic E-state index is 0.0568. The molecule has 5 heteroatoms. The first-order valence-corrected chi connectivity index (χ1v) is 8.50. The van der Waals surface area contributed by atoms with Gasteiger partial charge in [-0.25, -0.2) is 4.68 Å². The lowest BCUT2D eigenvalue weighted by Crippen LogP contribution is -2.29. The Labute approximate surface area is 144 Å². The number of para-hydroxylation sites is 1. The van der Waals surface area contributed by atoms with Crippen molar-refractivity contribution in [3.8, 4) is 5.69 Å². The summed E-state index contributed by atoms with van der Waals surface area (Å²) in [4.78, 5) is 12.2. The smallest absolute Gasteiger partial charge is 0.239 e. The Kier molecular flexibility index (Phi) is 5.78. The standard InChI is InChI=1S/C19H28N4O/c1-6-11-20-13-18(24)21-17-12-16(19(3,4)5)22-23(17)15-10-8-7-9-14(15)2/h7-10,12,20H,6,11,13H2,1-5H3,(H,21,24). The molecule has 2 N–H and O–H groups in total. The third-order valence-corrected chi connectivity index (χ3v) is 3.80. The molecule has 0 saturated carbocycles. The summed E-state index contributed by atoms with van der Waals surface area (Å²) >= 11 is 0. The van der Waals surface area contributed by atoms with Gasteiger partial charge in [-0.3, -0.25) is 4.79 Å². The predicted molar refractivity (Wildman–Crippen MR) is 98.8 cm³/mol. The highest BCUT2D eigenvalue weighted by molar-refractivity contribution is 5.91. The van der Waals surface area contributed by atoms with Crippen LogP contribution in [0.25, 0.3) is 5.69 Å². The zero-order chi connectivity index (χ0) is 17.7. The fourth-order valence-corrected chi connectivity index (χ4v) is 2.39. The minimum Gasteiger partial charge on any atom is -0.309 e. The van der Waals surface area contributed by atoms with Crippen LogP contribution in [-0.2, 0) is 10.2 Å². The van der Waals surface area contributed by atoms with Crippen LogP contribution in [-0.4, -0.2) is 28.8 Å². The number of aryl methyl sites for hydroxylation is 1. The van der Waals surface area contributed by atoms with E-state index in [1.54, 1.807) is 0 Å². The molecule has 0 spiro atoms. The molecule has 0 aliphatic rings. The molecule has 0 fully saturated rings. The van der Waals surface area contributed by atoms with Crippen LogP contribution in [0.15, 0.2) is 30.3 Å². The van der Waals surface area contributed by atoms with E-state index in [2.05, 4.69) is 38.3 Å². The van der Waals surface area contributed by atoms with Crippen LogP contribution < -0.4 is 10.6 Å². The van der Waals surface area contributed by atoms with Gasteiger partial charge in [0.2, 0.25) is 5.91 Å². The molecule has 0 aliphatic heterocycles. The summed E-state index contributed by atoms with van der Waals surface area (Å²) < 4.78 is 1.83. The van der Waals surface area contributed by atoms with E-state index >= 15 is 0 Å². The average Bonchev–Trinajstić information content (AvgIpc) is 2.92. The zero-order valence-corrected chi connectivity index (χ0v) is 15.3. The van der Waals surface area contributed by atoms with Crippen LogP contribution in [0.2, 0.25) is 0 Å². The van der Waals surface area contributed by atoms with Gasteiger partial charge in [0.15, 0.2) is 0 Å². The summed E-state index contributed by atoms with van der Waals surface area (Å²) in [5.41, 5.74) is 2.95. The molecule has 0 unspecified atom stereocenters. The zero-order valence-electron chi connectivity index (χ0n) is 15.3. The van der Waals surface area contributed by atoms with Gasteiger partial charge in [-0.05, 0) is 31.5 Å². The molecule has 0 saturated heterocycles. The number of benzene rings is 1. The number of carbonyl (C=O) groups is 1. The Morgan fingerprint density at radius 2 is 1.96 bits per heavy atom. The van der Waals surface area contributed by atoms with Gasteiger partial charge in [0.1, 0.15) is 5.82 Å². The van der Waals surface area contributed by atoms with Crippen molar-refractivity contribution >= 4 is 11.7 Å². The van der Waals surface area contributed by atoms with Crippen molar-refractivity contribution in [1.82, 2.24) is 15.1 Å². The molecule has 2 aromatic rings. The van der Waals surface area contributed by atoms with E-state index < -0.39 is 0 Å². The fourth-order valence-electron chi connectivity index (χ4n) is 2.39. The summed E-state index contributed by atoms with van der Waals surface area (Å²) in [7, 11) is 0. The molecular weight excluding hydrogens is 300 g/mol. The molecular formula is C19H28N4O. The van der Waals surface area contributed by atoms with Crippen molar-refractivity contribution in [1.29, 1.82) is 0 Å². The topological polar surface area (TPSA) is 59.0 Å². The molecule has 1 aromatic carbocycles. The summed E-state index contributed by atoms with van der Waals surface area (Å²) in [6, 6.07) is 10.0. The maximum Gasteiger partial charge on any atom is 0.239 e. The van der Waals surface area contributed by atoms with Crippen molar-refractivity contribution in [2.45, 2.75) is 46.5 Å². The van der Waals surface area contributed by atoms with E-state index in [1.165, 1.54) is 0 Å². The molecule has 5 nitrogen and oxygen atoms in total. The Bertz CT molecular complexity index is 698. The highest BCUT2D eigenvalue weighted by atomic mass is 16.2. The molecule has 24 heavy (non-hydrogen) atoms. The third-order valence-electron chi connectivity index (χ3n) is 3.80. The Hall–Kier alpha value is -2.14. The lowest BCUT2D eigenvalue weighted by Gasteiger charge is -2.14. The van der Waals surface area contributed by atoms with Gasteiger partial charge in [-0.2, -0.15) is 5.10 Å². The Morgan fingerprint density at radius 1 is 1.25 bits per heavy atom. The molecule has 1 heterocycles. The highest BCUT2D eigenvalue weighted by Crippen LogP contribution is 2.27. The van der Waals surface area contributed by atoms with Crippen LogP contribution >= 0.6 is 0 Å². The molecule has 0 atom stereocenters. The molecule has 1 aromatic heterocycles. The third kappa shape index (κ3) is 4.45. The van der Waals surface area contributed by atoms with Crippen LogP contribution in [0.5, 0.6) is 0 Å². The van der Waals surface area contributed by atoms with E-state index in [4.69, 9.17) is 5.10 Å². The van der Waals surface area contributed by atoms with Crippen LogP contribution in [0, 0.1) is 6.92 Å². The number of nitrogens with zero attached hydrogens (tertiary/aromatic N) is 2. The summed E-state index contributed by atoms with van der Waals surface area (Å²) in [5, 5.41) is 10.9. The van der Waals surface area contributed by atoms with Crippen LogP contribution in [0.4, 0.5) is 5.82 Å². The molecule has 0 aliphatic carbocycles. The second-order valence-corrected chi connectivity index (χ2v) is 7.09. The van der Waals surface area contributed by atoms with E-state index in [0.717, 1.165) is 29.9 Å². The second kappa shape index (κ2) is 7.62. The molecule has 130 valence electrons. The van der Waals surface area contributed by atoms with Gasteiger partial charge in [0, 0.05) is 11.5 Å². The molecule has 2 rings (SSSR count). The number of hydrogen-bond acceptors (Lipinski definition) is 3. The van der Waals surface area contributed by atoms with Gasteiger partial charge >= 0.3 is 0 Å². The Morgan fingerprint density at radius 3 is 2.58 bits per heavy atom. The fraction of sp³-hybridized carbons (Fsp3) is 0.474. The van der Waals surface area contributed by atoms with Crippen molar-refractivity contribution in [3.05, 3.63) is 41.6 Å². The van der Waals surface area contributed by atoms with Crippen LogP contribution in [0.3, 0.4) is 0 Å². The average molecular weight is 328 g/mol. The number of hydrogen-bond donors (Lipinski definition) is 2. The number of aromatic nitrogens is 2. The first-order valence-electron chi connectivity index (χ1n) is 8.50. The number of nitrogens with one attached hydrogen (secondary N) is 2. The van der Waals surface area contributed by atoms with Crippen molar-refractivity contribution in [2.24, 2.45) is 0 Å². The summed E-state index contributed by atoms with van der Waals surface area (Å²) in [5.74, 6) is 0.649. The SMILES string of the molecule is CCCNCC(=O)Nc1cc(C(C)(C)C)nn1-c1ccccc1C. The normalized spacial score (nSPS) is 11.5. The van der Waals surface area contributed by atoms with Crippen molar-refractivity contribution in [2.75, 3.05) is 18.4 Å².